The number of aliphatic hydroxyl groups excluding tert-OH is 2. The van der Waals surface area contributed by atoms with Crippen LogP contribution >= 0.6 is 0 Å². The zero-order valence-corrected chi connectivity index (χ0v) is 32.1. The van der Waals surface area contributed by atoms with Gasteiger partial charge in [0.15, 0.2) is 0 Å². The average molecular weight is 690 g/mol. The molecule has 0 spiro atoms. The largest absolute Gasteiger partial charge is 0.394 e. The highest BCUT2D eigenvalue weighted by atomic mass is 16.3. The lowest BCUT2D eigenvalue weighted by molar-refractivity contribution is -0.123. The van der Waals surface area contributed by atoms with E-state index in [0.717, 1.165) is 89.9 Å². The Morgan fingerprint density at radius 3 is 1.40 bits per heavy atom. The maximum Gasteiger partial charge on any atom is 0.220 e. The van der Waals surface area contributed by atoms with Gasteiger partial charge in [0, 0.05) is 6.42 Å². The first-order valence-electron chi connectivity index (χ1n) is 20.1. The predicted octanol–water partition coefficient (Wildman–Crippen LogP) is 12.5. The van der Waals surface area contributed by atoms with E-state index in [1.54, 1.807) is 6.08 Å². The number of carbonyl (C=O) groups excluding carboxylic acids is 1. The Labute approximate surface area is 308 Å². The highest BCUT2D eigenvalue weighted by Crippen LogP contribution is 2.11. The van der Waals surface area contributed by atoms with Crippen LogP contribution in [0.15, 0.2) is 109 Å². The summed E-state index contributed by atoms with van der Waals surface area (Å²) in [4.78, 5) is 12.3. The third-order valence-corrected chi connectivity index (χ3v) is 8.24. The van der Waals surface area contributed by atoms with Gasteiger partial charge in [-0.05, 0) is 89.9 Å². The van der Waals surface area contributed by atoms with Gasteiger partial charge in [0.2, 0.25) is 5.91 Å². The molecule has 0 aromatic heterocycles. The molecule has 0 aliphatic rings. The SMILES string of the molecule is CC/C=C\C/C=C\C/C=C\C/C=C\C/C=C\C/C=C\C/C=C\CCCCCCCCCC(=O)NC(CO)C(O)/C=C/CC/C=C/CCCCC. The van der Waals surface area contributed by atoms with E-state index in [0.29, 0.717) is 6.42 Å². The zero-order chi connectivity index (χ0) is 36.4. The molecule has 3 N–H and O–H groups in total. The Hall–Kier alpha value is -2.95. The second-order valence-corrected chi connectivity index (χ2v) is 13.0. The van der Waals surface area contributed by atoms with Crippen molar-refractivity contribution in [2.45, 2.75) is 167 Å². The fraction of sp³-hybridized carbons (Fsp3) is 0.587. The molecule has 0 aromatic rings. The van der Waals surface area contributed by atoms with E-state index < -0.39 is 12.1 Å². The van der Waals surface area contributed by atoms with Crippen molar-refractivity contribution in [1.82, 2.24) is 5.32 Å². The Balaban J connectivity index is 3.68. The maximum atomic E-state index is 12.3. The summed E-state index contributed by atoms with van der Waals surface area (Å²) in [6, 6.07) is -0.650. The molecule has 282 valence electrons. The molecule has 4 nitrogen and oxygen atoms in total. The van der Waals surface area contributed by atoms with Crippen LogP contribution in [0.5, 0.6) is 0 Å². The van der Waals surface area contributed by atoms with Gasteiger partial charge in [-0.2, -0.15) is 0 Å². The first kappa shape index (κ1) is 47.0. The van der Waals surface area contributed by atoms with Crippen LogP contribution in [0.1, 0.15) is 155 Å². The van der Waals surface area contributed by atoms with Gasteiger partial charge in [-0.25, -0.2) is 0 Å². The molecular weight excluding hydrogens is 615 g/mol. The van der Waals surface area contributed by atoms with Gasteiger partial charge < -0.3 is 15.5 Å². The number of amides is 1. The Morgan fingerprint density at radius 1 is 0.500 bits per heavy atom. The monoisotopic (exact) mass is 690 g/mol. The zero-order valence-electron chi connectivity index (χ0n) is 32.1. The van der Waals surface area contributed by atoms with Gasteiger partial charge in [-0.1, -0.05) is 168 Å². The molecule has 0 aliphatic heterocycles. The van der Waals surface area contributed by atoms with Gasteiger partial charge in [0.1, 0.15) is 0 Å². The second-order valence-electron chi connectivity index (χ2n) is 13.0. The van der Waals surface area contributed by atoms with Gasteiger partial charge in [-0.15, -0.1) is 0 Å². The van der Waals surface area contributed by atoms with E-state index >= 15 is 0 Å². The van der Waals surface area contributed by atoms with Crippen LogP contribution in [0, 0.1) is 0 Å². The van der Waals surface area contributed by atoms with E-state index in [4.69, 9.17) is 0 Å². The van der Waals surface area contributed by atoms with E-state index in [1.165, 1.54) is 44.9 Å². The van der Waals surface area contributed by atoms with Crippen molar-refractivity contribution in [3.63, 3.8) is 0 Å². The second kappa shape index (κ2) is 40.5. The highest BCUT2D eigenvalue weighted by molar-refractivity contribution is 5.76. The molecule has 0 radical (unpaired) electrons. The fourth-order valence-electron chi connectivity index (χ4n) is 5.17. The van der Waals surface area contributed by atoms with Gasteiger partial charge in [0.05, 0.1) is 18.8 Å². The van der Waals surface area contributed by atoms with Crippen molar-refractivity contribution < 1.29 is 15.0 Å². The average Bonchev–Trinajstić information content (AvgIpc) is 3.12. The van der Waals surface area contributed by atoms with Crippen LogP contribution in [0.3, 0.4) is 0 Å². The first-order valence-corrected chi connectivity index (χ1v) is 20.1. The van der Waals surface area contributed by atoms with Crippen LogP contribution in [-0.4, -0.2) is 34.9 Å². The topological polar surface area (TPSA) is 69.6 Å². The molecule has 0 bridgehead atoms. The molecule has 50 heavy (non-hydrogen) atoms. The molecule has 0 rings (SSSR count). The number of carbonyl (C=O) groups is 1. The standard InChI is InChI=1S/C46H75NO3/c1-3-5-7-9-11-13-14-15-16-17-18-19-20-21-22-23-24-25-26-27-28-29-30-31-32-34-36-38-40-42-46(50)47-44(43-48)45(49)41-39-37-35-33-12-10-8-6-4-2/h5,7,11-13,15-16,18-19,21-22,24-25,27-28,33,39,41,44-45,48-49H,3-4,6,8-10,14,17,20,23,26,29-32,34-38,40,42-43H2,1-2H3,(H,47,50)/b7-5-,13-11-,16-15-,19-18-,22-21-,25-24-,28-27-,33-12+,41-39+. The summed E-state index contributed by atoms with van der Waals surface area (Å²) in [6.45, 7) is 4.10. The minimum atomic E-state index is -0.871. The van der Waals surface area contributed by atoms with E-state index in [-0.39, 0.29) is 12.5 Å². The van der Waals surface area contributed by atoms with Gasteiger partial charge in [-0.3, -0.25) is 4.79 Å². The lowest BCUT2D eigenvalue weighted by Crippen LogP contribution is -2.45. The summed E-state index contributed by atoms with van der Waals surface area (Å²) < 4.78 is 0. The summed E-state index contributed by atoms with van der Waals surface area (Å²) in [6.07, 6.45) is 61.9. The molecule has 0 aromatic carbocycles. The first-order chi connectivity index (χ1) is 24.7. The van der Waals surface area contributed by atoms with Crippen molar-refractivity contribution in [2.24, 2.45) is 0 Å². The minimum absolute atomic E-state index is 0.0951. The Kier molecular flexibility index (Phi) is 38.1. The van der Waals surface area contributed by atoms with E-state index in [1.807, 2.05) is 6.08 Å². The van der Waals surface area contributed by atoms with Crippen molar-refractivity contribution in [3.8, 4) is 0 Å². The van der Waals surface area contributed by atoms with Crippen molar-refractivity contribution >= 4 is 5.91 Å². The third kappa shape index (κ3) is 36.3. The Morgan fingerprint density at radius 2 is 0.900 bits per heavy atom. The smallest absolute Gasteiger partial charge is 0.220 e. The molecule has 0 aliphatic carbocycles. The highest BCUT2D eigenvalue weighted by Gasteiger charge is 2.17. The summed E-state index contributed by atoms with van der Waals surface area (Å²) in [5, 5.41) is 22.8. The minimum Gasteiger partial charge on any atom is -0.394 e. The molecule has 2 atom stereocenters. The van der Waals surface area contributed by atoms with Crippen LogP contribution < -0.4 is 5.32 Å². The number of hydrogen-bond donors (Lipinski definition) is 3. The molecule has 4 heteroatoms. The summed E-state index contributed by atoms with van der Waals surface area (Å²) in [5.74, 6) is -0.0951. The molecular formula is C46H75NO3. The summed E-state index contributed by atoms with van der Waals surface area (Å²) >= 11 is 0. The predicted molar refractivity (Wildman–Crippen MR) is 220 cm³/mol. The number of aliphatic hydroxyl groups is 2. The molecule has 1 amide bonds. The number of allylic oxidation sites excluding steroid dienone is 17. The molecule has 0 saturated heterocycles. The lowest BCUT2D eigenvalue weighted by atomic mass is 10.1. The summed E-state index contributed by atoms with van der Waals surface area (Å²) in [5.41, 5.74) is 0. The quantitative estimate of drug-likeness (QED) is 0.0465. The number of rotatable bonds is 34. The van der Waals surface area contributed by atoms with Crippen LogP contribution in [-0.2, 0) is 4.79 Å². The lowest BCUT2D eigenvalue weighted by Gasteiger charge is -2.19. The van der Waals surface area contributed by atoms with Crippen molar-refractivity contribution in [2.75, 3.05) is 6.61 Å². The van der Waals surface area contributed by atoms with Crippen molar-refractivity contribution in [1.29, 1.82) is 0 Å². The van der Waals surface area contributed by atoms with Gasteiger partial charge in [0.25, 0.3) is 0 Å². The van der Waals surface area contributed by atoms with Crippen LogP contribution in [0.25, 0.3) is 0 Å². The molecule has 0 fully saturated rings. The van der Waals surface area contributed by atoms with E-state index in [2.05, 4.69) is 116 Å². The summed E-state index contributed by atoms with van der Waals surface area (Å²) in [7, 11) is 0. The Bertz CT molecular complexity index is 1010. The number of unbranched alkanes of at least 4 members (excludes halogenated alkanes) is 11. The number of hydrogen-bond acceptors (Lipinski definition) is 3. The van der Waals surface area contributed by atoms with Crippen molar-refractivity contribution in [3.05, 3.63) is 109 Å². The molecule has 0 saturated carbocycles. The van der Waals surface area contributed by atoms with Crippen LogP contribution in [0.2, 0.25) is 0 Å². The normalized spacial score (nSPS) is 14.2. The van der Waals surface area contributed by atoms with E-state index in [9.17, 15) is 15.0 Å². The molecule has 2 unspecified atom stereocenters. The number of nitrogens with one attached hydrogen (secondary N) is 1. The van der Waals surface area contributed by atoms with Crippen LogP contribution in [0.4, 0.5) is 0 Å². The maximum absolute atomic E-state index is 12.3. The van der Waals surface area contributed by atoms with Gasteiger partial charge >= 0.3 is 0 Å². The third-order valence-electron chi connectivity index (χ3n) is 8.24. The fourth-order valence-corrected chi connectivity index (χ4v) is 5.17. The molecule has 0 heterocycles.